The molecule has 31 heavy (non-hydrogen) atoms. The highest BCUT2D eigenvalue weighted by Crippen LogP contribution is 2.41. The van der Waals surface area contributed by atoms with Crippen molar-refractivity contribution >= 4 is 34.9 Å². The molecule has 0 radical (unpaired) electrons. The first-order valence-electron chi connectivity index (χ1n) is 10.4. The Balaban J connectivity index is 1.42. The monoisotopic (exact) mass is 461 g/mol. The van der Waals surface area contributed by atoms with E-state index in [2.05, 4.69) is 0 Å². The lowest BCUT2D eigenvalue weighted by atomic mass is 9.81. The van der Waals surface area contributed by atoms with E-state index in [-0.39, 0.29) is 11.7 Å². The number of hydrogen-bond acceptors (Lipinski definition) is 4. The van der Waals surface area contributed by atoms with E-state index in [1.165, 1.54) is 0 Å². The number of Topliss-reactive ketones (excluding diaryl/α,β-unsaturated/α-hetero) is 1. The Hall–Kier alpha value is -2.24. The van der Waals surface area contributed by atoms with Gasteiger partial charge in [0.15, 0.2) is 11.9 Å². The first-order chi connectivity index (χ1) is 14.7. The fourth-order valence-corrected chi connectivity index (χ4v) is 4.87. The summed E-state index contributed by atoms with van der Waals surface area (Å²) < 4.78 is 12.2. The van der Waals surface area contributed by atoms with Crippen LogP contribution in [-0.2, 0) is 4.79 Å². The van der Waals surface area contributed by atoms with Gasteiger partial charge in [-0.1, -0.05) is 29.3 Å². The summed E-state index contributed by atoms with van der Waals surface area (Å²) in [4.78, 5) is 27.5. The highest BCUT2D eigenvalue weighted by Gasteiger charge is 2.44. The number of halogens is 2. The number of carbonyl (C=O) groups excluding carboxylic acids is 2. The molecule has 1 fully saturated rings. The van der Waals surface area contributed by atoms with Crippen LogP contribution >= 0.6 is 23.2 Å². The van der Waals surface area contributed by atoms with E-state index >= 15 is 0 Å². The van der Waals surface area contributed by atoms with Crippen molar-refractivity contribution in [2.75, 3.05) is 13.1 Å². The summed E-state index contributed by atoms with van der Waals surface area (Å²) in [6, 6.07) is 8.84. The largest absolute Gasteiger partial charge is 0.486 e. The van der Waals surface area contributed by atoms with Gasteiger partial charge in [0.05, 0.1) is 17.0 Å². The Bertz CT molecular complexity index is 1040. The number of hydrogen-bond donors (Lipinski definition) is 0. The van der Waals surface area contributed by atoms with E-state index in [0.29, 0.717) is 59.5 Å². The molecule has 0 bridgehead atoms. The summed E-state index contributed by atoms with van der Waals surface area (Å²) in [6.45, 7) is 6.68. The molecule has 2 aliphatic heterocycles. The van der Waals surface area contributed by atoms with Crippen LogP contribution in [0.2, 0.25) is 10.0 Å². The van der Waals surface area contributed by atoms with Crippen LogP contribution in [0.1, 0.15) is 47.7 Å². The average Bonchev–Trinajstić information content (AvgIpc) is 2.71. The summed E-state index contributed by atoms with van der Waals surface area (Å²) in [6.07, 6.45) is 0.863. The zero-order valence-corrected chi connectivity index (χ0v) is 19.3. The molecule has 2 aromatic carbocycles. The number of carbonyl (C=O) groups is 2. The molecule has 2 aliphatic rings. The van der Waals surface area contributed by atoms with E-state index < -0.39 is 11.7 Å². The van der Waals surface area contributed by atoms with Gasteiger partial charge in [-0.3, -0.25) is 9.59 Å². The smallest absolute Gasteiger partial charge is 0.263 e. The second-order valence-electron chi connectivity index (χ2n) is 8.50. The molecular weight excluding hydrogens is 437 g/mol. The lowest BCUT2D eigenvalue weighted by Crippen LogP contribution is -2.54. The lowest BCUT2D eigenvalue weighted by molar-refractivity contribution is -0.141. The molecule has 2 aromatic rings. The molecule has 4 rings (SSSR count). The second-order valence-corrected chi connectivity index (χ2v) is 9.35. The fourth-order valence-electron chi connectivity index (χ4n) is 4.42. The predicted octanol–water partition coefficient (Wildman–Crippen LogP) is 5.40. The number of nitrogens with zero attached hydrogens (tertiary/aromatic N) is 1. The summed E-state index contributed by atoms with van der Waals surface area (Å²) >= 11 is 12.1. The maximum atomic E-state index is 12.9. The Morgan fingerprint density at radius 3 is 2.55 bits per heavy atom. The van der Waals surface area contributed by atoms with Crippen molar-refractivity contribution in [2.24, 2.45) is 0 Å². The number of ketones is 1. The topological polar surface area (TPSA) is 55.8 Å². The number of benzene rings is 2. The second kappa shape index (κ2) is 8.36. The Labute approximate surface area is 192 Å². The van der Waals surface area contributed by atoms with Crippen molar-refractivity contribution in [3.05, 3.63) is 57.1 Å². The molecule has 0 aliphatic carbocycles. The average molecular weight is 462 g/mol. The van der Waals surface area contributed by atoms with Gasteiger partial charge < -0.3 is 14.4 Å². The van der Waals surface area contributed by atoms with Crippen LogP contribution < -0.4 is 9.47 Å². The number of fused-ring (bicyclic) bond motifs is 1. The number of piperidine rings is 1. The Morgan fingerprint density at radius 1 is 1.16 bits per heavy atom. The molecule has 0 N–H and O–H groups in total. The summed E-state index contributed by atoms with van der Waals surface area (Å²) in [5.74, 6) is 1.11. The van der Waals surface area contributed by atoms with Crippen molar-refractivity contribution in [3.8, 4) is 11.5 Å². The molecule has 1 saturated heterocycles. The SMILES string of the molecule is Cc1cc(C)c2c(c1)C(=O)CC1(CCN(C(=O)C(C)Oc3ccc(Cl)cc3Cl)CC1)O2. The molecule has 5 nitrogen and oxygen atoms in total. The summed E-state index contributed by atoms with van der Waals surface area (Å²) in [7, 11) is 0. The maximum Gasteiger partial charge on any atom is 0.263 e. The Kier molecular flexibility index (Phi) is 5.93. The molecule has 0 aromatic heterocycles. The van der Waals surface area contributed by atoms with Gasteiger partial charge in [0.25, 0.3) is 5.91 Å². The van der Waals surface area contributed by atoms with Crippen molar-refractivity contribution in [1.29, 1.82) is 0 Å². The van der Waals surface area contributed by atoms with Gasteiger partial charge in [0.1, 0.15) is 17.1 Å². The van der Waals surface area contributed by atoms with Crippen LogP contribution in [-0.4, -0.2) is 41.4 Å². The zero-order chi connectivity index (χ0) is 22.3. The standard InChI is InChI=1S/C24H25Cl2NO4/c1-14-10-15(2)22-18(11-14)20(28)13-24(31-22)6-8-27(9-7-24)23(29)16(3)30-21-5-4-17(25)12-19(21)26/h4-5,10-12,16H,6-9,13H2,1-3H3. The maximum absolute atomic E-state index is 12.9. The molecule has 7 heteroatoms. The minimum atomic E-state index is -0.687. The normalized spacial score (nSPS) is 18.4. The van der Waals surface area contributed by atoms with Gasteiger partial charge in [-0.25, -0.2) is 0 Å². The molecule has 0 saturated carbocycles. The highest BCUT2D eigenvalue weighted by molar-refractivity contribution is 6.35. The number of rotatable bonds is 3. The van der Waals surface area contributed by atoms with Crippen molar-refractivity contribution < 1.29 is 19.1 Å². The molecule has 1 unspecified atom stereocenters. The van der Waals surface area contributed by atoms with Crippen LogP contribution in [0, 0.1) is 13.8 Å². The van der Waals surface area contributed by atoms with Crippen LogP contribution in [0.15, 0.2) is 30.3 Å². The summed E-state index contributed by atoms with van der Waals surface area (Å²) in [5.41, 5.74) is 2.15. The van der Waals surface area contributed by atoms with E-state index in [0.717, 1.165) is 11.1 Å². The van der Waals surface area contributed by atoms with Gasteiger partial charge in [0.2, 0.25) is 0 Å². The van der Waals surface area contributed by atoms with Crippen LogP contribution in [0.25, 0.3) is 0 Å². The van der Waals surface area contributed by atoms with E-state index in [1.54, 1.807) is 30.0 Å². The number of aryl methyl sites for hydroxylation is 2. The predicted molar refractivity (Wildman–Crippen MR) is 121 cm³/mol. The van der Waals surface area contributed by atoms with E-state index in [4.69, 9.17) is 32.7 Å². The molecule has 2 heterocycles. The number of likely N-dealkylation sites (tertiary alicyclic amines) is 1. The third-order valence-corrected chi connectivity index (χ3v) is 6.58. The van der Waals surface area contributed by atoms with Gasteiger partial charge >= 0.3 is 0 Å². The van der Waals surface area contributed by atoms with Crippen LogP contribution in [0.5, 0.6) is 11.5 Å². The lowest BCUT2D eigenvalue weighted by Gasteiger charge is -2.44. The minimum absolute atomic E-state index is 0.113. The third-order valence-electron chi connectivity index (χ3n) is 6.05. The molecule has 1 spiro atoms. The molecule has 1 amide bonds. The van der Waals surface area contributed by atoms with Gasteiger partial charge in [-0.05, 0) is 56.2 Å². The van der Waals surface area contributed by atoms with Crippen molar-refractivity contribution in [2.45, 2.75) is 51.7 Å². The van der Waals surface area contributed by atoms with Gasteiger partial charge in [-0.2, -0.15) is 0 Å². The highest BCUT2D eigenvalue weighted by atomic mass is 35.5. The van der Waals surface area contributed by atoms with Gasteiger partial charge in [-0.15, -0.1) is 0 Å². The first-order valence-corrected chi connectivity index (χ1v) is 11.2. The van der Waals surface area contributed by atoms with Crippen LogP contribution in [0.3, 0.4) is 0 Å². The minimum Gasteiger partial charge on any atom is -0.486 e. The van der Waals surface area contributed by atoms with E-state index in [9.17, 15) is 9.59 Å². The van der Waals surface area contributed by atoms with Gasteiger partial charge in [0, 0.05) is 31.0 Å². The summed E-state index contributed by atoms with van der Waals surface area (Å²) in [5, 5.41) is 0.870. The van der Waals surface area contributed by atoms with Crippen LogP contribution in [0.4, 0.5) is 0 Å². The van der Waals surface area contributed by atoms with Crippen molar-refractivity contribution in [1.82, 2.24) is 4.90 Å². The Morgan fingerprint density at radius 2 is 1.87 bits per heavy atom. The van der Waals surface area contributed by atoms with E-state index in [1.807, 2.05) is 26.0 Å². The first kappa shape index (κ1) is 22.0. The van der Waals surface area contributed by atoms with Crippen molar-refractivity contribution in [3.63, 3.8) is 0 Å². The number of amides is 1. The molecule has 164 valence electrons. The molecular formula is C24H25Cl2NO4. The zero-order valence-electron chi connectivity index (χ0n) is 17.8. The number of ether oxygens (including phenoxy) is 2. The fraction of sp³-hybridized carbons (Fsp3) is 0.417. The third kappa shape index (κ3) is 4.39. The molecule has 1 atom stereocenters. The quantitative estimate of drug-likeness (QED) is 0.613.